The molecule has 0 amide bonds. The van der Waals surface area contributed by atoms with E-state index in [0.29, 0.717) is 12.3 Å². The van der Waals surface area contributed by atoms with Crippen molar-refractivity contribution in [2.45, 2.75) is 39.5 Å². The summed E-state index contributed by atoms with van der Waals surface area (Å²) in [5, 5.41) is 0. The number of rotatable bonds is 7. The fourth-order valence-electron chi connectivity index (χ4n) is 1.72. The van der Waals surface area contributed by atoms with Crippen LogP contribution in [0.2, 0.25) is 0 Å². The lowest BCUT2D eigenvalue weighted by Gasteiger charge is -2.05. The van der Waals surface area contributed by atoms with Gasteiger partial charge in [-0.25, -0.2) is 0 Å². The van der Waals surface area contributed by atoms with Gasteiger partial charge in [-0.2, -0.15) is 0 Å². The zero-order chi connectivity index (χ0) is 12.5. The first-order valence-electron chi connectivity index (χ1n) is 6.49. The summed E-state index contributed by atoms with van der Waals surface area (Å²) in [5.41, 5.74) is 0.831. The second-order valence-electron chi connectivity index (χ2n) is 4.52. The zero-order valence-corrected chi connectivity index (χ0v) is 10.9. The highest BCUT2D eigenvalue weighted by molar-refractivity contribution is 5.95. The molecule has 0 N–H and O–H groups in total. The molecule has 17 heavy (non-hydrogen) atoms. The molecule has 0 heterocycles. The van der Waals surface area contributed by atoms with Gasteiger partial charge in [-0.05, 0) is 18.8 Å². The molecule has 0 spiro atoms. The number of hydrogen-bond donors (Lipinski definition) is 0. The molecule has 1 aromatic carbocycles. The van der Waals surface area contributed by atoms with Gasteiger partial charge in [0.15, 0.2) is 5.78 Å². The zero-order valence-electron chi connectivity index (χ0n) is 10.9. The van der Waals surface area contributed by atoms with Gasteiger partial charge in [0, 0.05) is 12.0 Å². The smallest absolute Gasteiger partial charge is 0.162 e. The Bertz CT molecular complexity index is 351. The Morgan fingerprint density at radius 3 is 2.65 bits per heavy atom. The highest BCUT2D eigenvalue weighted by Crippen LogP contribution is 2.12. The first-order chi connectivity index (χ1) is 8.24. The molecule has 0 aliphatic carbocycles. The molecule has 1 aromatic rings. The molecule has 1 rings (SSSR count). The van der Waals surface area contributed by atoms with Crippen molar-refractivity contribution in [3.8, 4) is 0 Å². The van der Waals surface area contributed by atoms with Crippen LogP contribution in [0.25, 0.3) is 0 Å². The SMILES string of the molecule is CCCC=CC(C)CCC(=O)c1ccccc1. The molecule has 1 atom stereocenters. The van der Waals surface area contributed by atoms with Crippen LogP contribution in [0.5, 0.6) is 0 Å². The molecule has 0 aliphatic heterocycles. The molecule has 0 fully saturated rings. The topological polar surface area (TPSA) is 17.1 Å². The average Bonchev–Trinajstić information content (AvgIpc) is 2.37. The van der Waals surface area contributed by atoms with Crippen molar-refractivity contribution >= 4 is 5.78 Å². The number of ketones is 1. The number of benzene rings is 1. The lowest BCUT2D eigenvalue weighted by molar-refractivity contribution is 0.0977. The molecule has 0 bridgehead atoms. The van der Waals surface area contributed by atoms with Gasteiger partial charge in [0.25, 0.3) is 0 Å². The molecule has 0 saturated carbocycles. The van der Waals surface area contributed by atoms with Crippen molar-refractivity contribution in [3.05, 3.63) is 48.0 Å². The molecule has 0 radical (unpaired) electrons. The van der Waals surface area contributed by atoms with E-state index in [-0.39, 0.29) is 5.78 Å². The minimum absolute atomic E-state index is 0.251. The molecule has 92 valence electrons. The Hall–Kier alpha value is -1.37. The van der Waals surface area contributed by atoms with Gasteiger partial charge in [0.1, 0.15) is 0 Å². The lowest BCUT2D eigenvalue weighted by atomic mass is 9.99. The second kappa shape index (κ2) is 7.83. The number of unbranched alkanes of at least 4 members (excludes halogenated alkanes) is 1. The van der Waals surface area contributed by atoms with E-state index in [4.69, 9.17) is 0 Å². The van der Waals surface area contributed by atoms with Gasteiger partial charge in [-0.15, -0.1) is 0 Å². The Labute approximate surface area is 105 Å². The van der Waals surface area contributed by atoms with E-state index < -0.39 is 0 Å². The van der Waals surface area contributed by atoms with E-state index in [9.17, 15) is 4.79 Å². The standard InChI is InChI=1S/C16H22O/c1-3-4-6-9-14(2)12-13-16(17)15-10-7-5-8-11-15/h5-11,14H,3-4,12-13H2,1-2H3. The first kappa shape index (κ1) is 13.7. The van der Waals surface area contributed by atoms with E-state index in [2.05, 4.69) is 26.0 Å². The van der Waals surface area contributed by atoms with Crippen molar-refractivity contribution in [2.24, 2.45) is 5.92 Å². The summed E-state index contributed by atoms with van der Waals surface area (Å²) in [6.07, 6.45) is 8.35. The van der Waals surface area contributed by atoms with Crippen molar-refractivity contribution < 1.29 is 4.79 Å². The summed E-state index contributed by atoms with van der Waals surface area (Å²) in [5.74, 6) is 0.746. The van der Waals surface area contributed by atoms with Crippen LogP contribution in [-0.2, 0) is 0 Å². The fraction of sp³-hybridized carbons (Fsp3) is 0.438. The van der Waals surface area contributed by atoms with Crippen LogP contribution >= 0.6 is 0 Å². The Morgan fingerprint density at radius 1 is 1.29 bits per heavy atom. The van der Waals surface area contributed by atoms with E-state index in [1.54, 1.807) is 0 Å². The quantitative estimate of drug-likeness (QED) is 0.492. The van der Waals surface area contributed by atoms with Gasteiger partial charge >= 0.3 is 0 Å². The molecule has 1 heteroatoms. The molecular formula is C16H22O. The molecule has 1 nitrogen and oxygen atoms in total. The Kier molecular flexibility index (Phi) is 6.31. The monoisotopic (exact) mass is 230 g/mol. The molecule has 1 unspecified atom stereocenters. The van der Waals surface area contributed by atoms with Crippen LogP contribution in [-0.4, -0.2) is 5.78 Å². The van der Waals surface area contributed by atoms with Crippen molar-refractivity contribution in [2.75, 3.05) is 0 Å². The third-order valence-electron chi connectivity index (χ3n) is 2.84. The third-order valence-corrected chi connectivity index (χ3v) is 2.84. The number of allylic oxidation sites excluding steroid dienone is 2. The maximum absolute atomic E-state index is 11.9. The van der Waals surface area contributed by atoms with E-state index in [1.165, 1.54) is 6.42 Å². The van der Waals surface area contributed by atoms with Gasteiger partial charge in [0.05, 0.1) is 0 Å². The van der Waals surface area contributed by atoms with E-state index in [0.717, 1.165) is 18.4 Å². The summed E-state index contributed by atoms with van der Waals surface area (Å²) in [7, 11) is 0. The lowest BCUT2D eigenvalue weighted by Crippen LogP contribution is -2.01. The van der Waals surface area contributed by atoms with Crippen LogP contribution in [0, 0.1) is 5.92 Å². The predicted octanol–water partition coefficient (Wildman–Crippen LogP) is 4.64. The summed E-state index contributed by atoms with van der Waals surface area (Å²) in [6, 6.07) is 9.54. The molecular weight excluding hydrogens is 208 g/mol. The number of hydrogen-bond acceptors (Lipinski definition) is 1. The van der Waals surface area contributed by atoms with Gasteiger partial charge in [0.2, 0.25) is 0 Å². The normalized spacial score (nSPS) is 12.8. The van der Waals surface area contributed by atoms with Crippen molar-refractivity contribution in [1.82, 2.24) is 0 Å². The maximum Gasteiger partial charge on any atom is 0.162 e. The van der Waals surface area contributed by atoms with E-state index in [1.807, 2.05) is 30.3 Å². The number of carbonyl (C=O) groups is 1. The maximum atomic E-state index is 11.9. The summed E-state index contributed by atoms with van der Waals surface area (Å²) < 4.78 is 0. The van der Waals surface area contributed by atoms with Crippen LogP contribution in [0.15, 0.2) is 42.5 Å². The Morgan fingerprint density at radius 2 is 2.00 bits per heavy atom. The van der Waals surface area contributed by atoms with E-state index >= 15 is 0 Å². The van der Waals surface area contributed by atoms with Crippen molar-refractivity contribution in [3.63, 3.8) is 0 Å². The average molecular weight is 230 g/mol. The van der Waals surface area contributed by atoms with Crippen LogP contribution in [0.3, 0.4) is 0 Å². The highest BCUT2D eigenvalue weighted by Gasteiger charge is 2.06. The highest BCUT2D eigenvalue weighted by atomic mass is 16.1. The predicted molar refractivity (Wildman–Crippen MR) is 73.2 cm³/mol. The summed E-state index contributed by atoms with van der Waals surface area (Å²) in [6.45, 7) is 4.35. The third kappa shape index (κ3) is 5.48. The largest absolute Gasteiger partial charge is 0.294 e. The van der Waals surface area contributed by atoms with Gasteiger partial charge in [-0.3, -0.25) is 4.79 Å². The minimum Gasteiger partial charge on any atom is -0.294 e. The molecule has 0 aliphatic rings. The van der Waals surface area contributed by atoms with Gasteiger partial charge < -0.3 is 0 Å². The second-order valence-corrected chi connectivity index (χ2v) is 4.52. The number of Topliss-reactive ketones (excluding diaryl/α,β-unsaturated/α-hetero) is 1. The Balaban J connectivity index is 2.33. The fourth-order valence-corrected chi connectivity index (χ4v) is 1.72. The van der Waals surface area contributed by atoms with Crippen LogP contribution < -0.4 is 0 Å². The van der Waals surface area contributed by atoms with Crippen LogP contribution in [0.4, 0.5) is 0 Å². The first-order valence-corrected chi connectivity index (χ1v) is 6.49. The summed E-state index contributed by atoms with van der Waals surface area (Å²) >= 11 is 0. The summed E-state index contributed by atoms with van der Waals surface area (Å²) in [4.78, 5) is 11.9. The minimum atomic E-state index is 0.251. The molecule has 0 saturated heterocycles. The molecule has 0 aromatic heterocycles. The number of carbonyl (C=O) groups excluding carboxylic acids is 1. The van der Waals surface area contributed by atoms with Crippen LogP contribution in [0.1, 0.15) is 49.9 Å². The van der Waals surface area contributed by atoms with Gasteiger partial charge in [-0.1, -0.05) is 62.8 Å². The van der Waals surface area contributed by atoms with Crippen molar-refractivity contribution in [1.29, 1.82) is 0 Å².